The van der Waals surface area contributed by atoms with E-state index in [0.717, 1.165) is 16.2 Å². The van der Waals surface area contributed by atoms with E-state index >= 15 is 0 Å². The third kappa shape index (κ3) is 1.31. The molecule has 2 heterocycles. The van der Waals surface area contributed by atoms with Crippen LogP contribution in [0, 0.1) is 11.8 Å². The SMILES string of the molecule is Fc1ccc2c(c1)c1ccccc1n1c(F)cnc21. The smallest absolute Gasteiger partial charge is 0.218 e. The molecule has 0 bridgehead atoms. The van der Waals surface area contributed by atoms with Gasteiger partial charge in [-0.3, -0.25) is 4.40 Å². The standard InChI is InChI=1S/C15H8F2N2/c16-9-5-6-11-12(7-9)10-3-1-2-4-13(10)19-14(17)8-18-15(11)19/h1-8H. The maximum atomic E-state index is 13.9. The average Bonchev–Trinajstić information content (AvgIpc) is 2.81. The molecule has 0 aliphatic carbocycles. The van der Waals surface area contributed by atoms with E-state index < -0.39 is 5.95 Å². The van der Waals surface area contributed by atoms with E-state index in [2.05, 4.69) is 4.98 Å². The summed E-state index contributed by atoms with van der Waals surface area (Å²) in [6.07, 6.45) is 1.19. The quantitative estimate of drug-likeness (QED) is 0.435. The lowest BCUT2D eigenvalue weighted by atomic mass is 10.1. The van der Waals surface area contributed by atoms with Crippen LogP contribution in [-0.2, 0) is 0 Å². The molecule has 0 aliphatic heterocycles. The molecule has 4 rings (SSSR count). The Bertz CT molecular complexity index is 941. The molecule has 0 unspecified atom stereocenters. The fourth-order valence-electron chi connectivity index (χ4n) is 2.58. The maximum Gasteiger partial charge on any atom is 0.218 e. The van der Waals surface area contributed by atoms with Crippen LogP contribution in [0.25, 0.3) is 27.3 Å². The van der Waals surface area contributed by atoms with Gasteiger partial charge < -0.3 is 0 Å². The highest BCUT2D eigenvalue weighted by molar-refractivity contribution is 6.11. The number of para-hydroxylation sites is 1. The van der Waals surface area contributed by atoms with Crippen LogP contribution < -0.4 is 0 Å². The second-order valence-electron chi connectivity index (χ2n) is 4.45. The summed E-state index contributed by atoms with van der Waals surface area (Å²) in [5.41, 5.74) is 1.19. The topological polar surface area (TPSA) is 17.3 Å². The number of fused-ring (bicyclic) bond motifs is 6. The van der Waals surface area contributed by atoms with Crippen LogP contribution in [0.4, 0.5) is 8.78 Å². The van der Waals surface area contributed by atoms with Crippen molar-refractivity contribution in [3.8, 4) is 0 Å². The molecule has 0 aliphatic rings. The van der Waals surface area contributed by atoms with E-state index in [1.165, 1.54) is 22.7 Å². The minimum absolute atomic E-state index is 0.311. The molecule has 0 atom stereocenters. The maximum absolute atomic E-state index is 13.9. The van der Waals surface area contributed by atoms with E-state index in [0.29, 0.717) is 11.2 Å². The molecule has 0 radical (unpaired) electrons. The Morgan fingerprint density at radius 3 is 2.63 bits per heavy atom. The van der Waals surface area contributed by atoms with Crippen LogP contribution in [-0.4, -0.2) is 9.38 Å². The number of benzene rings is 2. The molecule has 19 heavy (non-hydrogen) atoms. The number of rotatable bonds is 0. The number of aromatic nitrogens is 2. The first kappa shape index (κ1) is 10.4. The highest BCUT2D eigenvalue weighted by atomic mass is 19.1. The molecule has 0 saturated heterocycles. The van der Waals surface area contributed by atoms with Gasteiger partial charge in [0, 0.05) is 10.8 Å². The summed E-state index contributed by atoms with van der Waals surface area (Å²) >= 11 is 0. The van der Waals surface area contributed by atoms with Crippen LogP contribution >= 0.6 is 0 Å². The number of nitrogens with zero attached hydrogens (tertiary/aromatic N) is 2. The molecule has 0 N–H and O–H groups in total. The number of halogens is 2. The third-order valence-corrected chi connectivity index (χ3v) is 3.38. The summed E-state index contributed by atoms with van der Waals surface area (Å²) in [7, 11) is 0. The minimum atomic E-state index is -0.419. The summed E-state index contributed by atoms with van der Waals surface area (Å²) in [6, 6.07) is 11.8. The molecule has 92 valence electrons. The van der Waals surface area contributed by atoms with Gasteiger partial charge in [-0.05, 0) is 29.7 Å². The van der Waals surface area contributed by atoms with Crippen LogP contribution in [0.3, 0.4) is 0 Å². The van der Waals surface area contributed by atoms with E-state index in [1.807, 2.05) is 18.2 Å². The zero-order valence-electron chi connectivity index (χ0n) is 9.77. The van der Waals surface area contributed by atoms with Gasteiger partial charge in [-0.1, -0.05) is 18.2 Å². The van der Waals surface area contributed by atoms with Crippen molar-refractivity contribution in [2.24, 2.45) is 0 Å². The predicted octanol–water partition coefficient (Wildman–Crippen LogP) is 3.92. The summed E-state index contributed by atoms with van der Waals surface area (Å²) in [5.74, 6) is -0.730. The van der Waals surface area contributed by atoms with Gasteiger partial charge in [-0.15, -0.1) is 0 Å². The predicted molar refractivity (Wildman–Crippen MR) is 70.1 cm³/mol. The molecule has 0 fully saturated rings. The van der Waals surface area contributed by atoms with Crippen molar-refractivity contribution in [1.82, 2.24) is 9.38 Å². The second kappa shape index (κ2) is 3.51. The largest absolute Gasteiger partial charge is 0.268 e. The lowest BCUT2D eigenvalue weighted by Gasteiger charge is -2.08. The average molecular weight is 254 g/mol. The van der Waals surface area contributed by atoms with Crippen molar-refractivity contribution in [2.75, 3.05) is 0 Å². The van der Waals surface area contributed by atoms with Gasteiger partial charge in [0.15, 0.2) is 0 Å². The first-order valence-corrected chi connectivity index (χ1v) is 5.88. The molecule has 2 nitrogen and oxygen atoms in total. The van der Waals surface area contributed by atoms with Crippen molar-refractivity contribution < 1.29 is 8.78 Å². The molecule has 0 amide bonds. The Morgan fingerprint density at radius 1 is 0.895 bits per heavy atom. The van der Waals surface area contributed by atoms with Crippen LogP contribution in [0.5, 0.6) is 0 Å². The number of hydrogen-bond acceptors (Lipinski definition) is 1. The molecule has 0 saturated carbocycles. The van der Waals surface area contributed by atoms with Crippen molar-refractivity contribution in [2.45, 2.75) is 0 Å². The van der Waals surface area contributed by atoms with E-state index in [4.69, 9.17) is 0 Å². The van der Waals surface area contributed by atoms with Gasteiger partial charge in [-0.2, -0.15) is 4.39 Å². The van der Waals surface area contributed by atoms with Crippen molar-refractivity contribution >= 4 is 27.3 Å². The molecule has 4 heteroatoms. The number of imidazole rings is 1. The van der Waals surface area contributed by atoms with E-state index in [1.54, 1.807) is 12.1 Å². The summed E-state index contributed by atoms with van der Waals surface area (Å²) in [4.78, 5) is 4.09. The lowest BCUT2D eigenvalue weighted by molar-refractivity contribution is 0.579. The first-order valence-electron chi connectivity index (χ1n) is 5.88. The van der Waals surface area contributed by atoms with Crippen LogP contribution in [0.2, 0.25) is 0 Å². The van der Waals surface area contributed by atoms with Gasteiger partial charge in [-0.25, -0.2) is 9.37 Å². The fourth-order valence-corrected chi connectivity index (χ4v) is 2.58. The normalized spacial score (nSPS) is 11.7. The summed E-state index contributed by atoms with van der Waals surface area (Å²) < 4.78 is 28.8. The second-order valence-corrected chi connectivity index (χ2v) is 4.45. The van der Waals surface area contributed by atoms with Gasteiger partial charge in [0.25, 0.3) is 0 Å². The minimum Gasteiger partial charge on any atom is -0.268 e. The number of pyridine rings is 1. The molecule has 2 aromatic heterocycles. The van der Waals surface area contributed by atoms with Crippen molar-refractivity contribution in [1.29, 1.82) is 0 Å². The lowest BCUT2D eigenvalue weighted by Crippen LogP contribution is -1.93. The first-order chi connectivity index (χ1) is 9.25. The fraction of sp³-hybridized carbons (Fsp3) is 0. The Balaban J connectivity index is 2.44. The summed E-state index contributed by atoms with van der Waals surface area (Å²) in [6.45, 7) is 0. The number of hydrogen-bond donors (Lipinski definition) is 0. The molecular weight excluding hydrogens is 246 g/mol. The van der Waals surface area contributed by atoms with Gasteiger partial charge in [0.05, 0.1) is 11.7 Å². The Labute approximate surface area is 106 Å². The zero-order chi connectivity index (χ0) is 13.0. The Kier molecular flexibility index (Phi) is 1.93. The van der Waals surface area contributed by atoms with Crippen molar-refractivity contribution in [3.63, 3.8) is 0 Å². The highest BCUT2D eigenvalue weighted by Crippen LogP contribution is 2.29. The van der Waals surface area contributed by atoms with Crippen LogP contribution in [0.15, 0.2) is 48.7 Å². The van der Waals surface area contributed by atoms with Crippen molar-refractivity contribution in [3.05, 3.63) is 60.4 Å². The van der Waals surface area contributed by atoms with Gasteiger partial charge >= 0.3 is 0 Å². The molecule has 0 spiro atoms. The Hall–Kier alpha value is -2.49. The molecule has 2 aromatic carbocycles. The van der Waals surface area contributed by atoms with E-state index in [9.17, 15) is 8.78 Å². The Morgan fingerprint density at radius 2 is 1.74 bits per heavy atom. The molecule has 4 aromatic rings. The van der Waals surface area contributed by atoms with Crippen LogP contribution in [0.1, 0.15) is 0 Å². The van der Waals surface area contributed by atoms with Gasteiger partial charge in [0.2, 0.25) is 5.95 Å². The monoisotopic (exact) mass is 254 g/mol. The van der Waals surface area contributed by atoms with Gasteiger partial charge in [0.1, 0.15) is 11.5 Å². The summed E-state index contributed by atoms with van der Waals surface area (Å²) in [5, 5.41) is 2.29. The highest BCUT2D eigenvalue weighted by Gasteiger charge is 2.12. The third-order valence-electron chi connectivity index (χ3n) is 3.38. The molecular formula is C15H8F2N2. The zero-order valence-corrected chi connectivity index (χ0v) is 9.77. The van der Waals surface area contributed by atoms with E-state index in [-0.39, 0.29) is 5.82 Å².